The van der Waals surface area contributed by atoms with Gasteiger partial charge in [0.25, 0.3) is 0 Å². The van der Waals surface area contributed by atoms with Crippen LogP contribution in [0.5, 0.6) is 0 Å². The Morgan fingerprint density at radius 1 is 0.279 bits per heavy atom. The summed E-state index contributed by atoms with van der Waals surface area (Å²) < 4.78 is 0. The fraction of sp³-hybridized carbons (Fsp3) is 0.0448. The Morgan fingerprint density at radius 2 is 0.824 bits per heavy atom. The Hall–Kier alpha value is -8.52. The van der Waals surface area contributed by atoms with E-state index in [9.17, 15) is 0 Å². The van der Waals surface area contributed by atoms with E-state index in [4.69, 9.17) is 0 Å². The highest BCUT2D eigenvalue weighted by Gasteiger charge is 2.36. The Balaban J connectivity index is 1.09. The molecular weight excluding hydrogens is 819 g/mol. The van der Waals surface area contributed by atoms with Crippen LogP contribution < -0.4 is 4.90 Å². The van der Waals surface area contributed by atoms with Crippen LogP contribution in [0.4, 0.5) is 17.1 Å². The lowest BCUT2D eigenvalue weighted by Gasteiger charge is -2.29. The van der Waals surface area contributed by atoms with Crippen LogP contribution in [-0.4, -0.2) is 0 Å². The van der Waals surface area contributed by atoms with Crippen LogP contribution in [-0.2, 0) is 5.41 Å². The topological polar surface area (TPSA) is 3.24 Å². The Kier molecular flexibility index (Phi) is 9.27. The van der Waals surface area contributed by atoms with Gasteiger partial charge in [-0.25, -0.2) is 0 Å². The average Bonchev–Trinajstić information content (AvgIpc) is 3.64. The maximum atomic E-state index is 2.47. The van der Waals surface area contributed by atoms with E-state index in [1.165, 1.54) is 110 Å². The van der Waals surface area contributed by atoms with E-state index in [0.29, 0.717) is 0 Å². The molecule has 0 saturated heterocycles. The standard InChI is InChI=1S/C67H47N/c1-67(2)62-29-17-16-27-55(62)56-38-36-53(42-63(56)67)68(51-34-32-45(33-35-51)50-31-30-44-18-12-13-25-49(44)40-50)52-37-39-58-61(41-52)54-26-14-15-28-57(54)65-60(47-21-8-4-9-22-47)43-59(46-19-6-3-7-20-46)64(66(58)65)48-23-10-5-11-24-48/h3-43H,1-2H3. The molecule has 0 unspecified atom stereocenters. The second kappa shape index (κ2) is 15.8. The Bertz CT molecular complexity index is 3900. The summed E-state index contributed by atoms with van der Waals surface area (Å²) in [5.41, 5.74) is 18.3. The van der Waals surface area contributed by atoms with Crippen molar-refractivity contribution in [1.82, 2.24) is 0 Å². The first-order valence-electron chi connectivity index (χ1n) is 23.7. The SMILES string of the molecule is CC1(C)c2ccccc2-c2ccc(N(c3ccc(-c4ccc5ccccc5c4)cc3)c3ccc4c(c3)c3ccccc3c3c(-c5ccccc5)cc(-c5ccccc5)c(-c5ccccc5)c43)cc21. The summed E-state index contributed by atoms with van der Waals surface area (Å²) in [6.45, 7) is 4.74. The van der Waals surface area contributed by atoms with Gasteiger partial charge in [-0.2, -0.15) is 0 Å². The first-order valence-corrected chi connectivity index (χ1v) is 23.7. The molecule has 0 N–H and O–H groups in total. The lowest BCUT2D eigenvalue weighted by Crippen LogP contribution is -2.16. The predicted octanol–water partition coefficient (Wildman–Crippen LogP) is 18.7. The first kappa shape index (κ1) is 39.8. The minimum absolute atomic E-state index is 0.146. The number of benzene rings is 12. The molecule has 0 spiro atoms. The van der Waals surface area contributed by atoms with Crippen LogP contribution in [0.2, 0.25) is 0 Å². The molecule has 0 aliphatic heterocycles. The maximum Gasteiger partial charge on any atom is 0.0468 e. The maximum absolute atomic E-state index is 2.47. The summed E-state index contributed by atoms with van der Waals surface area (Å²) in [6, 6.07) is 92.1. The summed E-state index contributed by atoms with van der Waals surface area (Å²) in [4.78, 5) is 2.47. The van der Waals surface area contributed by atoms with Crippen molar-refractivity contribution in [2.75, 3.05) is 4.90 Å². The predicted molar refractivity (Wildman–Crippen MR) is 290 cm³/mol. The number of rotatable bonds is 7. The molecule has 0 fully saturated rings. The van der Waals surface area contributed by atoms with Crippen molar-refractivity contribution in [3.05, 3.63) is 260 Å². The summed E-state index contributed by atoms with van der Waals surface area (Å²) in [7, 11) is 0. The van der Waals surface area contributed by atoms with Crippen LogP contribution in [0.1, 0.15) is 25.0 Å². The monoisotopic (exact) mass is 865 g/mol. The molecule has 320 valence electrons. The van der Waals surface area contributed by atoms with E-state index in [-0.39, 0.29) is 5.41 Å². The van der Waals surface area contributed by atoms with Crippen LogP contribution in [0.15, 0.2) is 249 Å². The minimum atomic E-state index is -0.146. The van der Waals surface area contributed by atoms with Crippen molar-refractivity contribution in [2.45, 2.75) is 19.3 Å². The molecule has 68 heavy (non-hydrogen) atoms. The van der Waals surface area contributed by atoms with Gasteiger partial charge in [0.15, 0.2) is 0 Å². The van der Waals surface area contributed by atoms with E-state index in [1.54, 1.807) is 0 Å². The molecule has 0 radical (unpaired) electrons. The average molecular weight is 866 g/mol. The number of fused-ring (bicyclic) bond motifs is 10. The molecular formula is C67H47N. The lowest BCUT2D eigenvalue weighted by molar-refractivity contribution is 0.660. The second-order valence-electron chi connectivity index (χ2n) is 18.8. The largest absolute Gasteiger partial charge is 0.310 e. The summed E-state index contributed by atoms with van der Waals surface area (Å²) in [5, 5.41) is 9.96. The molecule has 12 aromatic rings. The van der Waals surface area contributed by atoms with Gasteiger partial charge in [-0.05, 0) is 158 Å². The number of hydrogen-bond acceptors (Lipinski definition) is 1. The minimum Gasteiger partial charge on any atom is -0.310 e. The molecule has 1 aliphatic carbocycles. The third-order valence-corrected chi connectivity index (χ3v) is 14.6. The summed E-state index contributed by atoms with van der Waals surface area (Å²) in [6.07, 6.45) is 0. The molecule has 1 heteroatoms. The Morgan fingerprint density at radius 3 is 1.57 bits per heavy atom. The zero-order valence-electron chi connectivity index (χ0n) is 38.1. The van der Waals surface area contributed by atoms with E-state index < -0.39 is 0 Å². The van der Waals surface area contributed by atoms with Crippen molar-refractivity contribution in [1.29, 1.82) is 0 Å². The normalized spacial score (nSPS) is 12.7. The molecule has 0 bridgehead atoms. The molecule has 12 aromatic carbocycles. The number of anilines is 3. The smallest absolute Gasteiger partial charge is 0.0468 e. The fourth-order valence-corrected chi connectivity index (χ4v) is 11.3. The zero-order valence-corrected chi connectivity index (χ0v) is 38.1. The molecule has 0 aromatic heterocycles. The second-order valence-corrected chi connectivity index (χ2v) is 18.8. The van der Waals surface area contributed by atoms with Gasteiger partial charge >= 0.3 is 0 Å². The molecule has 0 saturated carbocycles. The van der Waals surface area contributed by atoms with Gasteiger partial charge in [-0.1, -0.05) is 214 Å². The van der Waals surface area contributed by atoms with Gasteiger partial charge in [-0.3, -0.25) is 0 Å². The van der Waals surface area contributed by atoms with Gasteiger partial charge in [0.2, 0.25) is 0 Å². The Labute approximate surface area is 397 Å². The van der Waals surface area contributed by atoms with Gasteiger partial charge in [0, 0.05) is 22.5 Å². The van der Waals surface area contributed by atoms with Crippen LogP contribution in [0.25, 0.3) is 98.7 Å². The molecule has 0 heterocycles. The molecule has 13 rings (SSSR count). The lowest BCUT2D eigenvalue weighted by atomic mass is 9.81. The van der Waals surface area contributed by atoms with E-state index >= 15 is 0 Å². The van der Waals surface area contributed by atoms with Crippen LogP contribution >= 0.6 is 0 Å². The highest BCUT2D eigenvalue weighted by Crippen LogP contribution is 2.53. The van der Waals surface area contributed by atoms with Crippen molar-refractivity contribution in [2.24, 2.45) is 0 Å². The van der Waals surface area contributed by atoms with Crippen molar-refractivity contribution >= 4 is 60.2 Å². The third kappa shape index (κ3) is 6.38. The summed E-state index contributed by atoms with van der Waals surface area (Å²) >= 11 is 0. The third-order valence-electron chi connectivity index (χ3n) is 14.6. The van der Waals surface area contributed by atoms with Gasteiger partial charge in [0.05, 0.1) is 0 Å². The van der Waals surface area contributed by atoms with Gasteiger partial charge in [-0.15, -0.1) is 0 Å². The van der Waals surface area contributed by atoms with E-state index in [0.717, 1.165) is 17.1 Å². The number of hydrogen-bond donors (Lipinski definition) is 0. The van der Waals surface area contributed by atoms with Crippen molar-refractivity contribution in [3.8, 4) is 55.6 Å². The zero-order chi connectivity index (χ0) is 45.3. The molecule has 1 aliphatic rings. The van der Waals surface area contributed by atoms with E-state index in [2.05, 4.69) is 267 Å². The quantitative estimate of drug-likeness (QED) is 0.144. The highest BCUT2D eigenvalue weighted by molar-refractivity contribution is 6.33. The van der Waals surface area contributed by atoms with Crippen molar-refractivity contribution in [3.63, 3.8) is 0 Å². The van der Waals surface area contributed by atoms with Crippen molar-refractivity contribution < 1.29 is 0 Å². The molecule has 0 atom stereocenters. The summed E-state index contributed by atoms with van der Waals surface area (Å²) in [5.74, 6) is 0. The van der Waals surface area contributed by atoms with Crippen LogP contribution in [0.3, 0.4) is 0 Å². The van der Waals surface area contributed by atoms with Crippen LogP contribution in [0, 0.1) is 0 Å². The number of nitrogens with zero attached hydrogens (tertiary/aromatic N) is 1. The molecule has 1 nitrogen and oxygen atoms in total. The fourth-order valence-electron chi connectivity index (χ4n) is 11.3. The first-order chi connectivity index (χ1) is 33.5. The van der Waals surface area contributed by atoms with Gasteiger partial charge < -0.3 is 4.90 Å². The van der Waals surface area contributed by atoms with E-state index in [1.807, 2.05) is 0 Å². The van der Waals surface area contributed by atoms with Gasteiger partial charge in [0.1, 0.15) is 0 Å². The molecule has 0 amide bonds. The highest BCUT2D eigenvalue weighted by atomic mass is 15.1.